The van der Waals surface area contributed by atoms with Crippen molar-refractivity contribution in [3.05, 3.63) is 0 Å². The number of amides is 1. The lowest BCUT2D eigenvalue weighted by Crippen LogP contribution is -2.48. The highest BCUT2D eigenvalue weighted by atomic mass is 32.2. The molecule has 1 aliphatic heterocycles. The summed E-state index contributed by atoms with van der Waals surface area (Å²) in [5.74, 6) is -1.59. The zero-order valence-electron chi connectivity index (χ0n) is 9.91. The maximum absolute atomic E-state index is 11.8. The van der Waals surface area contributed by atoms with E-state index in [1.165, 1.54) is 14.2 Å². The van der Waals surface area contributed by atoms with Crippen LogP contribution in [0, 0.1) is 11.3 Å². The minimum absolute atomic E-state index is 0.240. The van der Waals surface area contributed by atoms with Gasteiger partial charge in [-0.1, -0.05) is 0 Å². The molecule has 0 aliphatic carbocycles. The Labute approximate surface area is 108 Å². The van der Waals surface area contributed by atoms with Crippen LogP contribution in [0.4, 0.5) is 0 Å². The number of nitrogens with zero attached hydrogens (tertiary/aromatic N) is 2. The van der Waals surface area contributed by atoms with Gasteiger partial charge in [0.05, 0.1) is 20.3 Å². The molecule has 1 heterocycles. The lowest BCUT2D eigenvalue weighted by molar-refractivity contribution is -0.156. The van der Waals surface area contributed by atoms with E-state index in [-0.39, 0.29) is 5.75 Å². The molecule has 1 aliphatic rings. The zero-order chi connectivity index (χ0) is 13.7. The highest BCUT2D eigenvalue weighted by Crippen LogP contribution is 2.31. The number of esters is 2. The SMILES string of the molecule is COC(=O)[C@H]1CS[C@H](C(=O)OC)N1C(=O)CC#N. The fourth-order valence-corrected chi connectivity index (χ4v) is 2.89. The molecule has 7 nitrogen and oxygen atoms in total. The van der Waals surface area contributed by atoms with Gasteiger partial charge in [0.25, 0.3) is 0 Å². The standard InChI is InChI=1S/C10H12N2O5S/c1-16-9(14)6-5-18-8(10(15)17-2)12(6)7(13)3-4-11/h6,8H,3,5H2,1-2H3/t6-,8-/m1/s1. The second-order valence-corrected chi connectivity index (χ2v) is 4.50. The molecule has 0 aromatic carbocycles. The Morgan fingerprint density at radius 2 is 1.94 bits per heavy atom. The normalized spacial score (nSPS) is 22.2. The molecule has 0 bridgehead atoms. The largest absolute Gasteiger partial charge is 0.467 e. The number of hydrogen-bond donors (Lipinski definition) is 0. The van der Waals surface area contributed by atoms with Crippen LogP contribution in [-0.4, -0.2) is 54.1 Å². The van der Waals surface area contributed by atoms with E-state index in [1.54, 1.807) is 6.07 Å². The number of carbonyl (C=O) groups is 3. The number of carbonyl (C=O) groups excluding carboxylic acids is 3. The van der Waals surface area contributed by atoms with Gasteiger partial charge in [-0.15, -0.1) is 11.8 Å². The van der Waals surface area contributed by atoms with E-state index in [4.69, 9.17) is 5.26 Å². The van der Waals surface area contributed by atoms with Crippen molar-refractivity contribution in [3.63, 3.8) is 0 Å². The van der Waals surface area contributed by atoms with E-state index in [9.17, 15) is 14.4 Å². The number of thioether (sulfide) groups is 1. The fourth-order valence-electron chi connectivity index (χ4n) is 1.57. The minimum atomic E-state index is -0.903. The second kappa shape index (κ2) is 6.26. The van der Waals surface area contributed by atoms with E-state index in [0.29, 0.717) is 0 Å². The van der Waals surface area contributed by atoms with Crippen LogP contribution in [0.5, 0.6) is 0 Å². The summed E-state index contributed by atoms with van der Waals surface area (Å²) in [5.41, 5.74) is 0. The predicted molar refractivity (Wildman–Crippen MR) is 61.1 cm³/mol. The molecule has 18 heavy (non-hydrogen) atoms. The average molecular weight is 272 g/mol. The fraction of sp³-hybridized carbons (Fsp3) is 0.600. The first-order valence-corrected chi connectivity index (χ1v) is 6.07. The van der Waals surface area contributed by atoms with Gasteiger partial charge in [0.15, 0.2) is 5.37 Å². The van der Waals surface area contributed by atoms with Crippen LogP contribution in [0.3, 0.4) is 0 Å². The van der Waals surface area contributed by atoms with Crippen molar-refractivity contribution in [2.24, 2.45) is 0 Å². The first kappa shape index (κ1) is 14.3. The summed E-state index contributed by atoms with van der Waals surface area (Å²) in [5, 5.41) is 7.62. The molecular formula is C10H12N2O5S. The first-order valence-electron chi connectivity index (χ1n) is 5.02. The Kier molecular flexibility index (Phi) is 4.97. The Balaban J connectivity index is 2.96. The van der Waals surface area contributed by atoms with Gasteiger partial charge in [-0.2, -0.15) is 5.26 Å². The molecule has 0 spiro atoms. The van der Waals surface area contributed by atoms with Gasteiger partial charge >= 0.3 is 11.9 Å². The van der Waals surface area contributed by atoms with Gasteiger partial charge in [-0.25, -0.2) is 9.59 Å². The number of rotatable bonds is 3. The summed E-state index contributed by atoms with van der Waals surface area (Å²) in [6.07, 6.45) is -0.401. The highest BCUT2D eigenvalue weighted by Gasteiger charge is 2.45. The number of ether oxygens (including phenoxy) is 2. The molecule has 8 heteroatoms. The van der Waals surface area contributed by atoms with Crippen LogP contribution < -0.4 is 0 Å². The number of nitriles is 1. The van der Waals surface area contributed by atoms with Crippen molar-refractivity contribution in [3.8, 4) is 6.07 Å². The number of methoxy groups -OCH3 is 2. The Bertz CT molecular complexity index is 382. The molecule has 0 radical (unpaired) electrons. The van der Waals surface area contributed by atoms with Crippen LogP contribution in [0.1, 0.15) is 6.42 Å². The summed E-state index contributed by atoms with van der Waals surface area (Å²) in [7, 11) is 2.40. The predicted octanol–water partition coefficient (Wildman–Crippen LogP) is -0.484. The molecule has 1 fully saturated rings. The van der Waals surface area contributed by atoms with Crippen LogP contribution >= 0.6 is 11.8 Å². The van der Waals surface area contributed by atoms with Crippen molar-refractivity contribution < 1.29 is 23.9 Å². The molecule has 0 saturated carbocycles. The molecule has 98 valence electrons. The summed E-state index contributed by atoms with van der Waals surface area (Å²) < 4.78 is 9.14. The monoisotopic (exact) mass is 272 g/mol. The molecule has 2 atom stereocenters. The lowest BCUT2D eigenvalue weighted by Gasteiger charge is -2.25. The third-order valence-corrected chi connectivity index (χ3v) is 3.64. The maximum Gasteiger partial charge on any atom is 0.339 e. The van der Waals surface area contributed by atoms with Gasteiger partial charge in [0, 0.05) is 5.75 Å². The van der Waals surface area contributed by atoms with Crippen molar-refractivity contribution >= 4 is 29.6 Å². The molecular weight excluding hydrogens is 260 g/mol. The highest BCUT2D eigenvalue weighted by molar-refractivity contribution is 8.00. The van der Waals surface area contributed by atoms with E-state index >= 15 is 0 Å². The lowest BCUT2D eigenvalue weighted by atomic mass is 10.2. The molecule has 1 saturated heterocycles. The van der Waals surface area contributed by atoms with Crippen molar-refractivity contribution in [2.75, 3.05) is 20.0 Å². The Morgan fingerprint density at radius 3 is 2.44 bits per heavy atom. The first-order chi connectivity index (χ1) is 8.56. The summed E-state index contributed by atoms with van der Waals surface area (Å²) >= 11 is 1.11. The third-order valence-electron chi connectivity index (χ3n) is 2.39. The van der Waals surface area contributed by atoms with Crippen LogP contribution in [-0.2, 0) is 23.9 Å². The van der Waals surface area contributed by atoms with E-state index in [2.05, 4.69) is 9.47 Å². The van der Waals surface area contributed by atoms with Gasteiger partial charge in [0.1, 0.15) is 12.5 Å². The minimum Gasteiger partial charge on any atom is -0.467 e. The van der Waals surface area contributed by atoms with Gasteiger partial charge in [-0.3, -0.25) is 4.79 Å². The molecule has 1 amide bonds. The smallest absolute Gasteiger partial charge is 0.339 e. The molecule has 1 rings (SSSR count). The van der Waals surface area contributed by atoms with Crippen LogP contribution in [0.15, 0.2) is 0 Å². The van der Waals surface area contributed by atoms with E-state index in [1.807, 2.05) is 0 Å². The van der Waals surface area contributed by atoms with Gasteiger partial charge in [-0.05, 0) is 0 Å². The second-order valence-electron chi connectivity index (χ2n) is 3.38. The quantitative estimate of drug-likeness (QED) is 0.640. The van der Waals surface area contributed by atoms with E-state index < -0.39 is 35.7 Å². The van der Waals surface area contributed by atoms with Crippen molar-refractivity contribution in [1.29, 1.82) is 5.26 Å². The zero-order valence-corrected chi connectivity index (χ0v) is 10.7. The van der Waals surface area contributed by atoms with Gasteiger partial charge < -0.3 is 14.4 Å². The summed E-state index contributed by atoms with van der Waals surface area (Å²) in [4.78, 5) is 35.9. The maximum atomic E-state index is 11.8. The molecule has 0 unspecified atom stereocenters. The average Bonchev–Trinajstić information content (AvgIpc) is 2.81. The summed E-state index contributed by atoms with van der Waals surface area (Å²) in [6, 6.07) is 0.838. The van der Waals surface area contributed by atoms with Crippen molar-refractivity contribution in [2.45, 2.75) is 17.8 Å². The molecule has 0 aromatic heterocycles. The number of hydrogen-bond acceptors (Lipinski definition) is 7. The van der Waals surface area contributed by atoms with Crippen molar-refractivity contribution in [1.82, 2.24) is 4.90 Å². The van der Waals surface area contributed by atoms with Crippen LogP contribution in [0.2, 0.25) is 0 Å². The van der Waals surface area contributed by atoms with Gasteiger partial charge in [0.2, 0.25) is 5.91 Å². The topological polar surface area (TPSA) is 96.7 Å². The molecule has 0 N–H and O–H groups in total. The third kappa shape index (κ3) is 2.73. The van der Waals surface area contributed by atoms with Crippen LogP contribution in [0.25, 0.3) is 0 Å². The summed E-state index contributed by atoms with van der Waals surface area (Å²) in [6.45, 7) is 0. The molecule has 0 aromatic rings. The Hall–Kier alpha value is -1.75. The Morgan fingerprint density at radius 1 is 1.33 bits per heavy atom. The van der Waals surface area contributed by atoms with E-state index in [0.717, 1.165) is 16.7 Å².